The highest BCUT2D eigenvalue weighted by atomic mass is 16.1. The van der Waals surface area contributed by atoms with Crippen LogP contribution in [0.2, 0.25) is 0 Å². The van der Waals surface area contributed by atoms with Gasteiger partial charge in [0, 0.05) is 16.6 Å². The molecule has 0 saturated heterocycles. The number of nitrogens with zero attached hydrogens (tertiary/aromatic N) is 1. The number of carbonyl (C=O) groups excluding carboxylic acids is 1. The van der Waals surface area contributed by atoms with E-state index >= 15 is 0 Å². The van der Waals surface area contributed by atoms with Gasteiger partial charge in [-0.1, -0.05) is 18.2 Å². The summed E-state index contributed by atoms with van der Waals surface area (Å²) in [6, 6.07) is 6.21. The number of hydrogen-bond donors (Lipinski definition) is 1. The van der Waals surface area contributed by atoms with Crippen LogP contribution in [0.15, 0.2) is 23.2 Å². The van der Waals surface area contributed by atoms with Crippen LogP contribution in [-0.4, -0.2) is 11.1 Å². The van der Waals surface area contributed by atoms with Gasteiger partial charge in [0.2, 0.25) is 6.08 Å². The van der Waals surface area contributed by atoms with Gasteiger partial charge in [-0.3, -0.25) is 0 Å². The second-order valence-electron chi connectivity index (χ2n) is 4.84. The smallest absolute Gasteiger partial charge is 0.235 e. The first-order valence-corrected chi connectivity index (χ1v) is 5.85. The molecule has 1 aliphatic carbocycles. The topological polar surface area (TPSA) is 45.2 Å². The normalized spacial score (nSPS) is 16.8. The maximum absolute atomic E-state index is 10.5. The van der Waals surface area contributed by atoms with E-state index in [2.05, 4.69) is 36.0 Å². The summed E-state index contributed by atoms with van der Waals surface area (Å²) in [4.78, 5) is 18.0. The molecule has 1 aromatic carbocycles. The number of hydrogen-bond acceptors (Lipinski definition) is 2. The molecule has 0 bridgehead atoms. The monoisotopic (exact) mass is 226 g/mol. The molecule has 17 heavy (non-hydrogen) atoms. The van der Waals surface area contributed by atoms with Gasteiger partial charge in [-0.25, -0.2) is 4.79 Å². The lowest BCUT2D eigenvalue weighted by atomic mass is 10.0. The maximum Gasteiger partial charge on any atom is 0.235 e. The molecule has 1 aliphatic rings. The number of fused-ring (bicyclic) bond motifs is 1. The Labute approximate surface area is 99.6 Å². The van der Waals surface area contributed by atoms with E-state index in [4.69, 9.17) is 0 Å². The average Bonchev–Trinajstić information content (AvgIpc) is 3.03. The van der Waals surface area contributed by atoms with E-state index in [9.17, 15) is 4.79 Å². The van der Waals surface area contributed by atoms with Gasteiger partial charge in [0.15, 0.2) is 0 Å². The zero-order valence-electron chi connectivity index (χ0n) is 10.0. The van der Waals surface area contributed by atoms with Crippen molar-refractivity contribution in [2.75, 3.05) is 0 Å². The van der Waals surface area contributed by atoms with Crippen LogP contribution in [0.4, 0.5) is 0 Å². The Balaban J connectivity index is 2.31. The van der Waals surface area contributed by atoms with E-state index in [1.54, 1.807) is 6.08 Å². The number of para-hydroxylation sites is 1. The highest BCUT2D eigenvalue weighted by molar-refractivity contribution is 5.88. The highest BCUT2D eigenvalue weighted by Crippen LogP contribution is 2.51. The van der Waals surface area contributed by atoms with Gasteiger partial charge in [0.05, 0.1) is 5.52 Å². The number of isocyanates is 1. The van der Waals surface area contributed by atoms with Gasteiger partial charge < -0.3 is 4.98 Å². The van der Waals surface area contributed by atoms with E-state index in [0.717, 1.165) is 23.9 Å². The van der Waals surface area contributed by atoms with E-state index in [1.165, 1.54) is 16.6 Å². The van der Waals surface area contributed by atoms with Crippen molar-refractivity contribution in [1.29, 1.82) is 0 Å². The van der Waals surface area contributed by atoms with Crippen molar-refractivity contribution in [3.05, 3.63) is 35.0 Å². The number of benzene rings is 1. The predicted octanol–water partition coefficient (Wildman–Crippen LogP) is 3.11. The lowest BCUT2D eigenvalue weighted by Gasteiger charge is -2.09. The summed E-state index contributed by atoms with van der Waals surface area (Å²) in [7, 11) is 0. The van der Waals surface area contributed by atoms with Crippen molar-refractivity contribution >= 4 is 17.0 Å². The molecule has 0 radical (unpaired) electrons. The van der Waals surface area contributed by atoms with E-state index in [-0.39, 0.29) is 5.54 Å². The molecule has 1 N–H and O–H groups in total. The molecular weight excluding hydrogens is 212 g/mol. The summed E-state index contributed by atoms with van der Waals surface area (Å²) in [5.74, 6) is 0. The molecule has 0 atom stereocenters. The summed E-state index contributed by atoms with van der Waals surface area (Å²) in [5, 5.41) is 1.23. The summed E-state index contributed by atoms with van der Waals surface area (Å²) >= 11 is 0. The largest absolute Gasteiger partial charge is 0.358 e. The molecule has 1 saturated carbocycles. The van der Waals surface area contributed by atoms with Crippen LogP contribution in [-0.2, 0) is 10.3 Å². The van der Waals surface area contributed by atoms with E-state index < -0.39 is 0 Å². The van der Waals surface area contributed by atoms with Gasteiger partial charge in [-0.2, -0.15) is 4.99 Å². The Morgan fingerprint density at radius 3 is 2.76 bits per heavy atom. The molecule has 0 aliphatic heterocycles. The minimum atomic E-state index is -0.301. The maximum atomic E-state index is 10.5. The molecule has 3 nitrogen and oxygen atoms in total. The Morgan fingerprint density at radius 2 is 2.12 bits per heavy atom. The van der Waals surface area contributed by atoms with Crippen LogP contribution in [0.3, 0.4) is 0 Å². The Morgan fingerprint density at radius 1 is 1.35 bits per heavy atom. The van der Waals surface area contributed by atoms with Gasteiger partial charge in [0.25, 0.3) is 0 Å². The van der Waals surface area contributed by atoms with Gasteiger partial charge in [-0.05, 0) is 32.3 Å². The third-order valence-electron chi connectivity index (χ3n) is 3.83. The number of aryl methyl sites for hydroxylation is 2. The summed E-state index contributed by atoms with van der Waals surface area (Å²) in [6.45, 7) is 4.18. The van der Waals surface area contributed by atoms with Crippen molar-refractivity contribution in [2.45, 2.75) is 32.2 Å². The van der Waals surface area contributed by atoms with Crippen molar-refractivity contribution in [1.82, 2.24) is 4.98 Å². The van der Waals surface area contributed by atoms with Gasteiger partial charge in [-0.15, -0.1) is 0 Å². The fourth-order valence-electron chi connectivity index (χ4n) is 2.52. The molecule has 1 fully saturated rings. The van der Waals surface area contributed by atoms with Crippen LogP contribution in [0.25, 0.3) is 10.9 Å². The average molecular weight is 226 g/mol. The second-order valence-corrected chi connectivity index (χ2v) is 4.84. The number of H-pyrrole nitrogens is 1. The van der Waals surface area contributed by atoms with Gasteiger partial charge in [0.1, 0.15) is 5.54 Å². The van der Waals surface area contributed by atoms with Gasteiger partial charge >= 0.3 is 0 Å². The number of rotatable bonds is 2. The molecule has 0 spiro atoms. The third-order valence-corrected chi connectivity index (χ3v) is 3.83. The molecule has 1 aromatic heterocycles. The first-order chi connectivity index (χ1) is 8.18. The molecule has 1 heterocycles. The predicted molar refractivity (Wildman–Crippen MR) is 66.8 cm³/mol. The molecule has 2 aromatic rings. The van der Waals surface area contributed by atoms with Crippen LogP contribution < -0.4 is 0 Å². The number of aromatic nitrogens is 1. The Bertz CT molecular complexity index is 644. The SMILES string of the molecule is Cc1[nH]c2c(C3(N=C=O)CC3)cccc2c1C. The van der Waals surface area contributed by atoms with Crippen molar-refractivity contribution < 1.29 is 4.79 Å². The Kier molecular flexibility index (Phi) is 2.01. The molecule has 3 heteroatoms. The summed E-state index contributed by atoms with van der Waals surface area (Å²) in [5.41, 5.74) is 4.41. The molecule has 0 unspecified atom stereocenters. The lowest BCUT2D eigenvalue weighted by Crippen LogP contribution is -2.02. The Hall–Kier alpha value is -1.86. The van der Waals surface area contributed by atoms with Crippen molar-refractivity contribution in [2.24, 2.45) is 4.99 Å². The summed E-state index contributed by atoms with van der Waals surface area (Å²) in [6.07, 6.45) is 3.60. The van der Waals surface area contributed by atoms with Crippen molar-refractivity contribution in [3.8, 4) is 0 Å². The standard InChI is InChI=1S/C14H14N2O/c1-9-10(2)16-13-11(9)4-3-5-12(13)14(6-7-14)15-8-17/h3-5,16H,6-7H2,1-2H3. The molecule has 3 rings (SSSR count). The summed E-state index contributed by atoms with van der Waals surface area (Å²) < 4.78 is 0. The quantitative estimate of drug-likeness (QED) is 0.620. The first-order valence-electron chi connectivity index (χ1n) is 5.85. The number of aromatic amines is 1. The molecular formula is C14H14N2O. The highest BCUT2D eigenvalue weighted by Gasteiger charge is 2.46. The second kappa shape index (κ2) is 3.31. The zero-order chi connectivity index (χ0) is 12.0. The number of nitrogens with one attached hydrogen (secondary N) is 1. The lowest BCUT2D eigenvalue weighted by molar-refractivity contribution is 0.556. The minimum Gasteiger partial charge on any atom is -0.358 e. The van der Waals surface area contributed by atoms with Crippen LogP contribution in [0, 0.1) is 13.8 Å². The zero-order valence-corrected chi connectivity index (χ0v) is 10.0. The van der Waals surface area contributed by atoms with Crippen LogP contribution >= 0.6 is 0 Å². The molecule has 86 valence electrons. The fourth-order valence-corrected chi connectivity index (χ4v) is 2.52. The third kappa shape index (κ3) is 1.36. The van der Waals surface area contributed by atoms with Crippen LogP contribution in [0.1, 0.15) is 29.7 Å². The number of aliphatic imine (C=N–C) groups is 1. The van der Waals surface area contributed by atoms with E-state index in [0.29, 0.717) is 0 Å². The van der Waals surface area contributed by atoms with Crippen molar-refractivity contribution in [3.63, 3.8) is 0 Å². The van der Waals surface area contributed by atoms with Crippen LogP contribution in [0.5, 0.6) is 0 Å². The molecule has 0 amide bonds. The fraction of sp³-hybridized carbons (Fsp3) is 0.357. The first kappa shape index (κ1) is 10.3. The van der Waals surface area contributed by atoms with E-state index in [1.807, 2.05) is 6.07 Å². The minimum absolute atomic E-state index is 0.301.